The van der Waals surface area contributed by atoms with Gasteiger partial charge in [0.2, 0.25) is 0 Å². The largest absolute Gasteiger partial charge is 0.489 e. The molecule has 1 saturated heterocycles. The third kappa shape index (κ3) is 2.69. The van der Waals surface area contributed by atoms with Crippen LogP contribution in [-0.4, -0.2) is 18.7 Å². The summed E-state index contributed by atoms with van der Waals surface area (Å²) in [6.07, 6.45) is 3.27. The van der Waals surface area contributed by atoms with E-state index in [1.165, 1.54) is 11.1 Å². The average Bonchev–Trinajstić information content (AvgIpc) is 3.02. The molecule has 3 nitrogen and oxygen atoms in total. The van der Waals surface area contributed by atoms with E-state index in [2.05, 4.69) is 29.6 Å². The molecule has 0 amide bonds. The number of rotatable bonds is 3. The summed E-state index contributed by atoms with van der Waals surface area (Å²) in [6, 6.07) is 16.5. The van der Waals surface area contributed by atoms with Crippen molar-refractivity contribution in [3.63, 3.8) is 0 Å². The highest BCUT2D eigenvalue weighted by Crippen LogP contribution is 2.38. The maximum Gasteiger partial charge on any atom is 0.123 e. The lowest BCUT2D eigenvalue weighted by Gasteiger charge is -2.35. The molecule has 2 heterocycles. The minimum Gasteiger partial charge on any atom is -0.489 e. The minimum atomic E-state index is 0.0272. The van der Waals surface area contributed by atoms with Crippen molar-refractivity contribution >= 4 is 0 Å². The van der Waals surface area contributed by atoms with E-state index in [0.29, 0.717) is 6.61 Å². The van der Waals surface area contributed by atoms with E-state index >= 15 is 0 Å². The van der Waals surface area contributed by atoms with Crippen LogP contribution in [0.2, 0.25) is 0 Å². The monoisotopic (exact) mass is 295 g/mol. The summed E-state index contributed by atoms with van der Waals surface area (Å²) in [7, 11) is 0. The molecule has 2 aliphatic heterocycles. The molecule has 114 valence electrons. The molecule has 0 aromatic heterocycles. The molecule has 1 fully saturated rings. The highest BCUT2D eigenvalue weighted by atomic mass is 16.5. The lowest BCUT2D eigenvalue weighted by molar-refractivity contribution is 0.0662. The first-order valence-corrected chi connectivity index (χ1v) is 8.02. The SMILES string of the molecule is c1ccc(COc2ccc3c(c2)CC[C@]2(CCNC2)O3)cc1. The summed E-state index contributed by atoms with van der Waals surface area (Å²) in [5.41, 5.74) is 2.48. The lowest BCUT2D eigenvalue weighted by atomic mass is 9.90. The van der Waals surface area contributed by atoms with Gasteiger partial charge in [-0.25, -0.2) is 0 Å². The summed E-state index contributed by atoms with van der Waals surface area (Å²) < 4.78 is 12.2. The van der Waals surface area contributed by atoms with E-state index < -0.39 is 0 Å². The molecule has 2 aliphatic rings. The van der Waals surface area contributed by atoms with E-state index in [9.17, 15) is 0 Å². The lowest BCUT2D eigenvalue weighted by Crippen LogP contribution is -2.41. The highest BCUT2D eigenvalue weighted by Gasteiger charge is 2.39. The molecule has 0 unspecified atom stereocenters. The van der Waals surface area contributed by atoms with Crippen LogP contribution in [0, 0.1) is 0 Å². The molecule has 1 spiro atoms. The van der Waals surface area contributed by atoms with Crippen LogP contribution in [0.4, 0.5) is 0 Å². The third-order valence-electron chi connectivity index (χ3n) is 4.66. The zero-order chi connectivity index (χ0) is 14.8. The van der Waals surface area contributed by atoms with Crippen LogP contribution >= 0.6 is 0 Å². The number of fused-ring (bicyclic) bond motifs is 1. The molecule has 1 atom stereocenters. The molecule has 1 N–H and O–H groups in total. The Balaban J connectivity index is 1.46. The van der Waals surface area contributed by atoms with Crippen molar-refractivity contribution in [1.82, 2.24) is 5.32 Å². The van der Waals surface area contributed by atoms with Crippen molar-refractivity contribution in [2.24, 2.45) is 0 Å². The molecule has 0 saturated carbocycles. The van der Waals surface area contributed by atoms with Gasteiger partial charge in [0, 0.05) is 13.0 Å². The molecule has 0 aliphatic carbocycles. The summed E-state index contributed by atoms with van der Waals surface area (Å²) in [5.74, 6) is 1.95. The minimum absolute atomic E-state index is 0.0272. The standard InChI is InChI=1S/C19H21NO2/c1-2-4-15(5-3-1)13-21-17-6-7-18-16(12-17)8-9-19(22-18)10-11-20-14-19/h1-7,12,20H,8-11,13-14H2/t19-/m1/s1. The van der Waals surface area contributed by atoms with Gasteiger partial charge in [0.25, 0.3) is 0 Å². The summed E-state index contributed by atoms with van der Waals surface area (Å²) in [6.45, 7) is 2.64. The van der Waals surface area contributed by atoms with E-state index in [4.69, 9.17) is 9.47 Å². The maximum absolute atomic E-state index is 6.28. The Morgan fingerprint density at radius 2 is 2.00 bits per heavy atom. The number of hydrogen-bond donors (Lipinski definition) is 1. The molecular formula is C19H21NO2. The first-order chi connectivity index (χ1) is 10.8. The van der Waals surface area contributed by atoms with Gasteiger partial charge in [0.15, 0.2) is 0 Å². The van der Waals surface area contributed by atoms with Crippen molar-refractivity contribution < 1.29 is 9.47 Å². The van der Waals surface area contributed by atoms with Crippen molar-refractivity contribution in [3.05, 3.63) is 59.7 Å². The van der Waals surface area contributed by atoms with Gasteiger partial charge < -0.3 is 14.8 Å². The number of benzene rings is 2. The van der Waals surface area contributed by atoms with Gasteiger partial charge in [-0.1, -0.05) is 30.3 Å². The zero-order valence-corrected chi connectivity index (χ0v) is 12.7. The second kappa shape index (κ2) is 5.65. The van der Waals surface area contributed by atoms with E-state index in [1.54, 1.807) is 0 Å². The smallest absolute Gasteiger partial charge is 0.123 e. The number of ether oxygens (including phenoxy) is 2. The van der Waals surface area contributed by atoms with Gasteiger partial charge in [0.05, 0.1) is 0 Å². The first-order valence-electron chi connectivity index (χ1n) is 8.02. The van der Waals surface area contributed by atoms with Gasteiger partial charge in [-0.05, 0) is 48.7 Å². The van der Waals surface area contributed by atoms with Crippen LogP contribution < -0.4 is 14.8 Å². The topological polar surface area (TPSA) is 30.5 Å². The van der Waals surface area contributed by atoms with Gasteiger partial charge in [-0.3, -0.25) is 0 Å². The third-order valence-corrected chi connectivity index (χ3v) is 4.66. The van der Waals surface area contributed by atoms with Crippen LogP contribution in [0.25, 0.3) is 0 Å². The fourth-order valence-corrected chi connectivity index (χ4v) is 3.35. The molecular weight excluding hydrogens is 274 g/mol. The molecule has 0 bridgehead atoms. The van der Waals surface area contributed by atoms with Gasteiger partial charge in [0.1, 0.15) is 23.7 Å². The van der Waals surface area contributed by atoms with Gasteiger partial charge >= 0.3 is 0 Å². The summed E-state index contributed by atoms with van der Waals surface area (Å²) in [5, 5.41) is 3.41. The summed E-state index contributed by atoms with van der Waals surface area (Å²) >= 11 is 0. The Kier molecular flexibility index (Phi) is 3.51. The van der Waals surface area contributed by atoms with Crippen molar-refractivity contribution in [2.75, 3.05) is 13.1 Å². The number of nitrogens with one attached hydrogen (secondary N) is 1. The Labute approximate surface area is 131 Å². The predicted molar refractivity (Wildman–Crippen MR) is 86.4 cm³/mol. The normalized spacial score (nSPS) is 23.1. The fraction of sp³-hybridized carbons (Fsp3) is 0.368. The quantitative estimate of drug-likeness (QED) is 0.942. The average molecular weight is 295 g/mol. The van der Waals surface area contributed by atoms with E-state index in [1.807, 2.05) is 24.3 Å². The predicted octanol–water partition coefficient (Wildman–Crippen LogP) is 3.32. The van der Waals surface area contributed by atoms with Crippen LogP contribution in [-0.2, 0) is 13.0 Å². The van der Waals surface area contributed by atoms with Crippen LogP contribution in [0.3, 0.4) is 0 Å². The Hall–Kier alpha value is -2.00. The maximum atomic E-state index is 6.28. The Morgan fingerprint density at radius 3 is 2.82 bits per heavy atom. The van der Waals surface area contributed by atoms with Crippen LogP contribution in [0.5, 0.6) is 11.5 Å². The fourth-order valence-electron chi connectivity index (χ4n) is 3.35. The van der Waals surface area contributed by atoms with E-state index in [0.717, 1.165) is 43.9 Å². The molecule has 0 radical (unpaired) electrons. The Morgan fingerprint density at radius 1 is 1.09 bits per heavy atom. The van der Waals surface area contributed by atoms with Crippen LogP contribution in [0.1, 0.15) is 24.0 Å². The van der Waals surface area contributed by atoms with E-state index in [-0.39, 0.29) is 5.60 Å². The molecule has 3 heteroatoms. The summed E-state index contributed by atoms with van der Waals surface area (Å²) in [4.78, 5) is 0. The molecule has 2 aromatic rings. The van der Waals surface area contributed by atoms with Crippen molar-refractivity contribution in [1.29, 1.82) is 0 Å². The number of hydrogen-bond acceptors (Lipinski definition) is 3. The van der Waals surface area contributed by atoms with Crippen LogP contribution in [0.15, 0.2) is 48.5 Å². The molecule has 2 aromatic carbocycles. The van der Waals surface area contributed by atoms with Gasteiger partial charge in [-0.2, -0.15) is 0 Å². The zero-order valence-electron chi connectivity index (χ0n) is 12.7. The molecule has 22 heavy (non-hydrogen) atoms. The van der Waals surface area contributed by atoms with Gasteiger partial charge in [-0.15, -0.1) is 0 Å². The second-order valence-electron chi connectivity index (χ2n) is 6.26. The first kappa shape index (κ1) is 13.6. The van der Waals surface area contributed by atoms with Crippen molar-refractivity contribution in [2.45, 2.75) is 31.5 Å². The highest BCUT2D eigenvalue weighted by molar-refractivity contribution is 5.42. The van der Waals surface area contributed by atoms with Crippen molar-refractivity contribution in [3.8, 4) is 11.5 Å². The molecule has 4 rings (SSSR count). The Bertz CT molecular complexity index is 648. The second-order valence-corrected chi connectivity index (χ2v) is 6.26. The number of aryl methyl sites for hydroxylation is 1.